The minimum absolute atomic E-state index is 0.779. The lowest BCUT2D eigenvalue weighted by molar-refractivity contribution is 0.198. The van der Waals surface area contributed by atoms with E-state index in [0.717, 1.165) is 36.7 Å². The summed E-state index contributed by atoms with van der Waals surface area (Å²) in [6.07, 6.45) is 2.02. The molecule has 1 N–H and O–H groups in total. The van der Waals surface area contributed by atoms with Gasteiger partial charge in [0.05, 0.1) is 0 Å². The Labute approximate surface area is 96.6 Å². The highest BCUT2D eigenvalue weighted by Gasteiger charge is 2.00. The van der Waals surface area contributed by atoms with Crippen molar-refractivity contribution in [2.45, 2.75) is 19.8 Å². The molecule has 15 heavy (non-hydrogen) atoms. The van der Waals surface area contributed by atoms with Crippen LogP contribution in [0.4, 0.5) is 5.69 Å². The first-order valence-corrected chi connectivity index (χ1v) is 5.67. The number of rotatable bonds is 6. The van der Waals surface area contributed by atoms with Crippen molar-refractivity contribution >= 4 is 17.3 Å². The van der Waals surface area contributed by atoms with E-state index in [0.29, 0.717) is 0 Å². The van der Waals surface area contributed by atoms with E-state index in [4.69, 9.17) is 16.3 Å². The highest BCUT2D eigenvalue weighted by atomic mass is 35.5. The van der Waals surface area contributed by atoms with Crippen LogP contribution in [0.2, 0.25) is 5.02 Å². The molecule has 0 atom stereocenters. The van der Waals surface area contributed by atoms with Crippen LogP contribution < -0.4 is 5.32 Å². The van der Waals surface area contributed by atoms with Gasteiger partial charge in [0, 0.05) is 31.0 Å². The second-order valence-corrected chi connectivity index (χ2v) is 3.86. The molecule has 0 amide bonds. The van der Waals surface area contributed by atoms with Crippen LogP contribution in [0.15, 0.2) is 18.2 Å². The Balaban J connectivity index is 2.54. The van der Waals surface area contributed by atoms with Gasteiger partial charge in [-0.25, -0.2) is 0 Å². The van der Waals surface area contributed by atoms with Gasteiger partial charge in [0.1, 0.15) is 0 Å². The molecule has 0 fully saturated rings. The van der Waals surface area contributed by atoms with Gasteiger partial charge < -0.3 is 10.1 Å². The standard InChI is InChI=1S/C12H18ClNO/c1-3-10-5-6-11(13)9-12(10)14-7-4-8-15-2/h5-6,9,14H,3-4,7-8H2,1-2H3. The number of ether oxygens (including phenoxy) is 1. The van der Waals surface area contributed by atoms with Crippen molar-refractivity contribution in [3.8, 4) is 0 Å². The topological polar surface area (TPSA) is 21.3 Å². The summed E-state index contributed by atoms with van der Waals surface area (Å²) in [6.45, 7) is 3.85. The summed E-state index contributed by atoms with van der Waals surface area (Å²) in [5.41, 5.74) is 2.44. The Hall–Kier alpha value is -0.730. The Kier molecular flexibility index (Phi) is 5.51. The van der Waals surface area contributed by atoms with Gasteiger partial charge in [0.15, 0.2) is 0 Å². The fourth-order valence-corrected chi connectivity index (χ4v) is 1.63. The normalized spacial score (nSPS) is 10.3. The minimum Gasteiger partial charge on any atom is -0.385 e. The van der Waals surface area contributed by atoms with Crippen LogP contribution in [0.25, 0.3) is 0 Å². The fraction of sp³-hybridized carbons (Fsp3) is 0.500. The number of methoxy groups -OCH3 is 1. The summed E-state index contributed by atoms with van der Waals surface area (Å²) in [7, 11) is 1.72. The van der Waals surface area contributed by atoms with Crippen LogP contribution in [-0.2, 0) is 11.2 Å². The third kappa shape index (κ3) is 4.10. The quantitative estimate of drug-likeness (QED) is 0.753. The Morgan fingerprint density at radius 1 is 1.40 bits per heavy atom. The van der Waals surface area contributed by atoms with E-state index in [2.05, 4.69) is 18.3 Å². The Morgan fingerprint density at radius 2 is 2.20 bits per heavy atom. The largest absolute Gasteiger partial charge is 0.385 e. The van der Waals surface area contributed by atoms with Crippen molar-refractivity contribution in [1.29, 1.82) is 0 Å². The molecule has 1 aromatic rings. The number of hydrogen-bond acceptors (Lipinski definition) is 2. The maximum absolute atomic E-state index is 5.95. The molecular formula is C12H18ClNO. The lowest BCUT2D eigenvalue weighted by Crippen LogP contribution is -2.06. The molecule has 0 aliphatic heterocycles. The summed E-state index contributed by atoms with van der Waals surface area (Å²) in [4.78, 5) is 0. The van der Waals surface area contributed by atoms with E-state index in [1.807, 2.05) is 12.1 Å². The monoisotopic (exact) mass is 227 g/mol. The van der Waals surface area contributed by atoms with Crippen LogP contribution in [0.1, 0.15) is 18.9 Å². The summed E-state index contributed by atoms with van der Waals surface area (Å²) in [5, 5.41) is 4.15. The van der Waals surface area contributed by atoms with E-state index in [9.17, 15) is 0 Å². The van der Waals surface area contributed by atoms with E-state index in [-0.39, 0.29) is 0 Å². The molecule has 0 radical (unpaired) electrons. The number of hydrogen-bond donors (Lipinski definition) is 1. The van der Waals surface area contributed by atoms with Crippen LogP contribution in [0.5, 0.6) is 0 Å². The van der Waals surface area contributed by atoms with Crippen LogP contribution >= 0.6 is 11.6 Å². The van der Waals surface area contributed by atoms with Crippen molar-refractivity contribution in [1.82, 2.24) is 0 Å². The molecule has 1 rings (SSSR count). The van der Waals surface area contributed by atoms with Gasteiger partial charge in [-0.05, 0) is 30.5 Å². The molecule has 0 aliphatic rings. The molecule has 0 aromatic heterocycles. The molecule has 0 spiro atoms. The highest BCUT2D eigenvalue weighted by Crippen LogP contribution is 2.21. The second-order valence-electron chi connectivity index (χ2n) is 3.43. The first-order chi connectivity index (χ1) is 7.27. The van der Waals surface area contributed by atoms with Crippen molar-refractivity contribution < 1.29 is 4.74 Å². The van der Waals surface area contributed by atoms with Crippen LogP contribution in [-0.4, -0.2) is 20.3 Å². The van der Waals surface area contributed by atoms with Gasteiger partial charge in [-0.1, -0.05) is 24.6 Å². The Morgan fingerprint density at radius 3 is 2.87 bits per heavy atom. The molecular weight excluding hydrogens is 210 g/mol. The van der Waals surface area contributed by atoms with Crippen molar-refractivity contribution in [3.63, 3.8) is 0 Å². The molecule has 0 heterocycles. The number of benzene rings is 1. The Bertz CT molecular complexity index is 302. The molecule has 2 nitrogen and oxygen atoms in total. The SMILES string of the molecule is CCc1ccc(Cl)cc1NCCCOC. The third-order valence-electron chi connectivity index (χ3n) is 2.29. The highest BCUT2D eigenvalue weighted by molar-refractivity contribution is 6.30. The van der Waals surface area contributed by atoms with Gasteiger partial charge in [-0.2, -0.15) is 0 Å². The van der Waals surface area contributed by atoms with Crippen molar-refractivity contribution in [2.75, 3.05) is 25.6 Å². The van der Waals surface area contributed by atoms with E-state index in [1.54, 1.807) is 7.11 Å². The maximum Gasteiger partial charge on any atom is 0.0479 e. The number of halogens is 1. The molecule has 84 valence electrons. The van der Waals surface area contributed by atoms with E-state index < -0.39 is 0 Å². The lowest BCUT2D eigenvalue weighted by Gasteiger charge is -2.11. The third-order valence-corrected chi connectivity index (χ3v) is 2.53. The lowest BCUT2D eigenvalue weighted by atomic mass is 10.1. The fourth-order valence-electron chi connectivity index (χ4n) is 1.46. The molecule has 3 heteroatoms. The first kappa shape index (κ1) is 12.3. The number of nitrogens with one attached hydrogen (secondary N) is 1. The zero-order valence-corrected chi connectivity index (χ0v) is 10.1. The van der Waals surface area contributed by atoms with Gasteiger partial charge in [-0.3, -0.25) is 0 Å². The van der Waals surface area contributed by atoms with Gasteiger partial charge in [-0.15, -0.1) is 0 Å². The smallest absolute Gasteiger partial charge is 0.0479 e. The number of aryl methyl sites for hydroxylation is 1. The van der Waals surface area contributed by atoms with Crippen LogP contribution in [0, 0.1) is 0 Å². The second kappa shape index (κ2) is 6.70. The van der Waals surface area contributed by atoms with Gasteiger partial charge >= 0.3 is 0 Å². The average Bonchev–Trinajstić information content (AvgIpc) is 2.25. The zero-order valence-electron chi connectivity index (χ0n) is 9.35. The molecule has 1 aromatic carbocycles. The zero-order chi connectivity index (χ0) is 11.1. The summed E-state index contributed by atoms with van der Waals surface area (Å²) in [6, 6.07) is 5.98. The summed E-state index contributed by atoms with van der Waals surface area (Å²) in [5.74, 6) is 0. The molecule has 0 bridgehead atoms. The van der Waals surface area contributed by atoms with E-state index >= 15 is 0 Å². The van der Waals surface area contributed by atoms with Gasteiger partial charge in [0.2, 0.25) is 0 Å². The first-order valence-electron chi connectivity index (χ1n) is 5.29. The van der Waals surface area contributed by atoms with Crippen molar-refractivity contribution in [2.24, 2.45) is 0 Å². The molecule has 0 saturated carbocycles. The molecule has 0 saturated heterocycles. The molecule has 0 aliphatic carbocycles. The summed E-state index contributed by atoms with van der Waals surface area (Å²) < 4.78 is 4.99. The minimum atomic E-state index is 0.779. The van der Waals surface area contributed by atoms with Crippen LogP contribution in [0.3, 0.4) is 0 Å². The predicted octanol–water partition coefficient (Wildman–Crippen LogP) is 3.35. The van der Waals surface area contributed by atoms with Gasteiger partial charge in [0.25, 0.3) is 0 Å². The molecule has 0 unspecified atom stereocenters. The number of anilines is 1. The van der Waals surface area contributed by atoms with E-state index in [1.165, 1.54) is 5.56 Å². The predicted molar refractivity (Wildman–Crippen MR) is 65.8 cm³/mol. The average molecular weight is 228 g/mol. The van der Waals surface area contributed by atoms with Crippen molar-refractivity contribution in [3.05, 3.63) is 28.8 Å². The maximum atomic E-state index is 5.95. The summed E-state index contributed by atoms with van der Waals surface area (Å²) >= 11 is 5.95.